The molecule has 0 amide bonds. The van der Waals surface area contributed by atoms with E-state index in [-0.39, 0.29) is 0 Å². The molecular formula is C18H18N2O. The number of nitrogens with two attached hydrogens (primary N) is 1. The summed E-state index contributed by atoms with van der Waals surface area (Å²) < 4.78 is 5.50. The second-order valence-corrected chi connectivity index (χ2v) is 5.51. The summed E-state index contributed by atoms with van der Waals surface area (Å²) in [6, 6.07) is 14.5. The third kappa shape index (κ3) is 2.55. The molecule has 0 unspecified atom stereocenters. The van der Waals surface area contributed by atoms with Crippen molar-refractivity contribution < 1.29 is 4.52 Å². The van der Waals surface area contributed by atoms with Crippen molar-refractivity contribution in [1.82, 2.24) is 5.16 Å². The third-order valence-electron chi connectivity index (χ3n) is 3.54. The SMILES string of the molecule is Cc1ccc(-c2c(N)noc2-c2cc(C)cc(C)c2)cc1. The number of aromatic nitrogens is 1. The topological polar surface area (TPSA) is 52.0 Å². The molecule has 0 atom stereocenters. The van der Waals surface area contributed by atoms with Crippen LogP contribution in [-0.2, 0) is 0 Å². The predicted molar refractivity (Wildman–Crippen MR) is 86.0 cm³/mol. The first-order valence-electron chi connectivity index (χ1n) is 6.95. The van der Waals surface area contributed by atoms with Crippen LogP contribution < -0.4 is 5.73 Å². The molecule has 1 aromatic heterocycles. The van der Waals surface area contributed by atoms with Crippen LogP contribution in [0, 0.1) is 20.8 Å². The molecule has 3 nitrogen and oxygen atoms in total. The summed E-state index contributed by atoms with van der Waals surface area (Å²) in [4.78, 5) is 0. The number of aryl methyl sites for hydroxylation is 3. The lowest BCUT2D eigenvalue weighted by Crippen LogP contribution is -1.89. The number of anilines is 1. The van der Waals surface area contributed by atoms with E-state index in [1.807, 2.05) is 12.1 Å². The van der Waals surface area contributed by atoms with Crippen molar-refractivity contribution in [3.8, 4) is 22.5 Å². The Bertz CT molecular complexity index is 765. The van der Waals surface area contributed by atoms with Crippen LogP contribution in [0.25, 0.3) is 22.5 Å². The molecule has 3 aromatic rings. The Balaban J connectivity index is 2.19. The van der Waals surface area contributed by atoms with Gasteiger partial charge in [0.15, 0.2) is 11.6 Å². The van der Waals surface area contributed by atoms with Crippen LogP contribution in [0.1, 0.15) is 16.7 Å². The molecule has 3 heteroatoms. The van der Waals surface area contributed by atoms with Gasteiger partial charge in [0.1, 0.15) is 0 Å². The highest BCUT2D eigenvalue weighted by Crippen LogP contribution is 2.37. The highest BCUT2D eigenvalue weighted by molar-refractivity contribution is 5.86. The van der Waals surface area contributed by atoms with Crippen LogP contribution in [0.5, 0.6) is 0 Å². The summed E-state index contributed by atoms with van der Waals surface area (Å²) in [7, 11) is 0. The molecule has 0 aliphatic heterocycles. The Kier molecular flexibility index (Phi) is 3.26. The van der Waals surface area contributed by atoms with Crippen LogP contribution >= 0.6 is 0 Å². The molecular weight excluding hydrogens is 260 g/mol. The van der Waals surface area contributed by atoms with Crippen molar-refractivity contribution in [2.24, 2.45) is 0 Å². The molecule has 0 radical (unpaired) electrons. The highest BCUT2D eigenvalue weighted by atomic mass is 16.5. The summed E-state index contributed by atoms with van der Waals surface area (Å²) in [6.07, 6.45) is 0. The highest BCUT2D eigenvalue weighted by Gasteiger charge is 2.17. The summed E-state index contributed by atoms with van der Waals surface area (Å²) in [5.41, 5.74) is 12.5. The van der Waals surface area contributed by atoms with Crippen molar-refractivity contribution in [2.75, 3.05) is 5.73 Å². The van der Waals surface area contributed by atoms with Gasteiger partial charge in [-0.2, -0.15) is 0 Å². The number of nitrogens with zero attached hydrogens (tertiary/aromatic N) is 1. The van der Waals surface area contributed by atoms with E-state index in [1.54, 1.807) is 0 Å². The van der Waals surface area contributed by atoms with Gasteiger partial charge in [-0.05, 0) is 38.5 Å². The molecule has 2 N–H and O–H groups in total. The van der Waals surface area contributed by atoms with Gasteiger partial charge in [-0.25, -0.2) is 0 Å². The predicted octanol–water partition coefficient (Wildman–Crippen LogP) is 4.52. The Morgan fingerprint density at radius 3 is 2.05 bits per heavy atom. The standard InChI is InChI=1S/C18H18N2O/c1-11-4-6-14(7-5-11)16-17(21-20-18(16)19)15-9-12(2)8-13(3)10-15/h4-10H,1-3H3,(H2,19,20). The van der Waals surface area contributed by atoms with Gasteiger partial charge in [0.25, 0.3) is 0 Å². The lowest BCUT2D eigenvalue weighted by Gasteiger charge is -2.05. The van der Waals surface area contributed by atoms with Gasteiger partial charge in [0.2, 0.25) is 0 Å². The molecule has 3 rings (SSSR count). The van der Waals surface area contributed by atoms with E-state index < -0.39 is 0 Å². The zero-order valence-corrected chi connectivity index (χ0v) is 12.5. The van der Waals surface area contributed by atoms with Crippen molar-refractivity contribution in [2.45, 2.75) is 20.8 Å². The maximum Gasteiger partial charge on any atom is 0.176 e. The van der Waals surface area contributed by atoms with Crippen LogP contribution in [-0.4, -0.2) is 5.16 Å². The van der Waals surface area contributed by atoms with Crippen molar-refractivity contribution in [1.29, 1.82) is 0 Å². The summed E-state index contributed by atoms with van der Waals surface area (Å²) in [5.74, 6) is 1.15. The number of hydrogen-bond acceptors (Lipinski definition) is 3. The Labute approximate surface area is 124 Å². The van der Waals surface area contributed by atoms with Crippen LogP contribution in [0.15, 0.2) is 47.0 Å². The van der Waals surface area contributed by atoms with Crippen molar-refractivity contribution >= 4 is 5.82 Å². The smallest absolute Gasteiger partial charge is 0.176 e. The molecule has 106 valence electrons. The van der Waals surface area contributed by atoms with Gasteiger partial charge in [0, 0.05) is 5.56 Å². The van der Waals surface area contributed by atoms with Gasteiger partial charge in [-0.15, -0.1) is 0 Å². The van der Waals surface area contributed by atoms with E-state index in [1.165, 1.54) is 16.7 Å². The Morgan fingerprint density at radius 2 is 1.43 bits per heavy atom. The first-order valence-corrected chi connectivity index (χ1v) is 6.95. The molecule has 0 fully saturated rings. The lowest BCUT2D eigenvalue weighted by atomic mass is 9.98. The van der Waals surface area contributed by atoms with E-state index in [9.17, 15) is 0 Å². The van der Waals surface area contributed by atoms with Gasteiger partial charge < -0.3 is 10.3 Å². The second kappa shape index (κ2) is 5.09. The number of nitrogen functional groups attached to an aromatic ring is 1. The zero-order chi connectivity index (χ0) is 15.0. The quantitative estimate of drug-likeness (QED) is 0.750. The maximum atomic E-state index is 6.02. The minimum atomic E-state index is 0.424. The van der Waals surface area contributed by atoms with E-state index in [0.29, 0.717) is 5.82 Å². The number of benzene rings is 2. The third-order valence-corrected chi connectivity index (χ3v) is 3.54. The Morgan fingerprint density at radius 1 is 0.810 bits per heavy atom. The normalized spacial score (nSPS) is 10.8. The minimum Gasteiger partial charge on any atom is -0.380 e. The Hall–Kier alpha value is -2.55. The molecule has 0 saturated carbocycles. The van der Waals surface area contributed by atoms with Crippen LogP contribution in [0.2, 0.25) is 0 Å². The largest absolute Gasteiger partial charge is 0.380 e. The average Bonchev–Trinajstić information content (AvgIpc) is 2.80. The zero-order valence-electron chi connectivity index (χ0n) is 12.5. The molecule has 1 heterocycles. The van der Waals surface area contributed by atoms with Gasteiger partial charge in [-0.1, -0.05) is 52.2 Å². The number of rotatable bonds is 2. The van der Waals surface area contributed by atoms with Gasteiger partial charge in [0.05, 0.1) is 5.56 Å². The molecule has 2 aromatic carbocycles. The molecule has 0 bridgehead atoms. The lowest BCUT2D eigenvalue weighted by molar-refractivity contribution is 0.436. The van der Waals surface area contributed by atoms with Crippen molar-refractivity contribution in [3.63, 3.8) is 0 Å². The van der Waals surface area contributed by atoms with E-state index in [0.717, 1.165) is 22.5 Å². The summed E-state index contributed by atoms with van der Waals surface area (Å²) in [6.45, 7) is 6.20. The van der Waals surface area contributed by atoms with Gasteiger partial charge in [-0.3, -0.25) is 0 Å². The summed E-state index contributed by atoms with van der Waals surface area (Å²) in [5, 5.41) is 3.95. The van der Waals surface area contributed by atoms with Crippen molar-refractivity contribution in [3.05, 3.63) is 59.2 Å². The molecule has 0 saturated heterocycles. The maximum absolute atomic E-state index is 6.02. The monoisotopic (exact) mass is 278 g/mol. The first-order chi connectivity index (χ1) is 10.0. The molecule has 21 heavy (non-hydrogen) atoms. The second-order valence-electron chi connectivity index (χ2n) is 5.51. The minimum absolute atomic E-state index is 0.424. The summed E-state index contributed by atoms with van der Waals surface area (Å²) >= 11 is 0. The van der Waals surface area contributed by atoms with E-state index in [4.69, 9.17) is 10.3 Å². The first kappa shape index (κ1) is 13.4. The van der Waals surface area contributed by atoms with E-state index >= 15 is 0 Å². The van der Waals surface area contributed by atoms with Crippen LogP contribution in [0.3, 0.4) is 0 Å². The molecule has 0 aliphatic carbocycles. The number of hydrogen-bond donors (Lipinski definition) is 1. The van der Waals surface area contributed by atoms with E-state index in [2.05, 4.69) is 56.3 Å². The average molecular weight is 278 g/mol. The molecule has 0 spiro atoms. The van der Waals surface area contributed by atoms with Gasteiger partial charge >= 0.3 is 0 Å². The fourth-order valence-electron chi connectivity index (χ4n) is 2.60. The fourth-order valence-corrected chi connectivity index (χ4v) is 2.60. The molecule has 0 aliphatic rings. The van der Waals surface area contributed by atoms with Crippen LogP contribution in [0.4, 0.5) is 5.82 Å². The fraction of sp³-hybridized carbons (Fsp3) is 0.167.